The molecule has 10 aromatic rings. The fourth-order valence-corrected chi connectivity index (χ4v) is 10.2. The van der Waals surface area contributed by atoms with Crippen LogP contribution in [0.25, 0.3) is 121 Å². The number of hydrogen-bond donors (Lipinski definition) is 0. The van der Waals surface area contributed by atoms with Crippen LogP contribution < -0.4 is 0 Å². The number of aryl methyl sites for hydroxylation is 2. The SMILES string of the molecule is Cc1cc(C#N)ccc1-c1cc2c3cc4c(c(-c5ccc(C#N)cc5C)c3ccc2c2cc3c(cc12)-c1cccc2cccc-3c12)-c1cccc2cccc-4c12. The van der Waals surface area contributed by atoms with Gasteiger partial charge in [0.25, 0.3) is 0 Å². The van der Waals surface area contributed by atoms with Crippen molar-refractivity contribution >= 4 is 53.9 Å². The second kappa shape index (κ2) is 11.0. The van der Waals surface area contributed by atoms with Gasteiger partial charge in [0.1, 0.15) is 0 Å². The molecule has 0 aliphatic heterocycles. The van der Waals surface area contributed by atoms with E-state index >= 15 is 0 Å². The quantitative estimate of drug-likeness (QED) is 0.168. The molecule has 0 fully saturated rings. The Morgan fingerprint density at radius 2 is 0.786 bits per heavy atom. The van der Waals surface area contributed by atoms with Crippen LogP contribution in [0.1, 0.15) is 22.3 Å². The highest BCUT2D eigenvalue weighted by molar-refractivity contribution is 6.30. The molecule has 0 saturated carbocycles. The second-order valence-electron chi connectivity index (χ2n) is 15.5. The van der Waals surface area contributed by atoms with Gasteiger partial charge in [-0.3, -0.25) is 0 Å². The van der Waals surface area contributed by atoms with E-state index in [2.05, 4.69) is 147 Å². The van der Waals surface area contributed by atoms with Crippen molar-refractivity contribution in [1.29, 1.82) is 10.5 Å². The van der Waals surface area contributed by atoms with Gasteiger partial charge in [0.15, 0.2) is 0 Å². The maximum absolute atomic E-state index is 9.83. The molecule has 0 amide bonds. The fourth-order valence-electron chi connectivity index (χ4n) is 10.2. The van der Waals surface area contributed by atoms with Crippen molar-refractivity contribution in [2.75, 3.05) is 0 Å². The van der Waals surface area contributed by atoms with Gasteiger partial charge in [0, 0.05) is 0 Å². The number of rotatable bonds is 2. The van der Waals surface area contributed by atoms with E-state index in [0.29, 0.717) is 11.1 Å². The van der Waals surface area contributed by atoms with E-state index in [4.69, 9.17) is 0 Å². The number of benzene rings is 10. The van der Waals surface area contributed by atoms with Crippen molar-refractivity contribution in [2.45, 2.75) is 13.8 Å². The van der Waals surface area contributed by atoms with Crippen molar-refractivity contribution in [3.8, 4) is 78.9 Å². The molecule has 0 radical (unpaired) electrons. The summed E-state index contributed by atoms with van der Waals surface area (Å²) in [5.41, 5.74) is 18.2. The van der Waals surface area contributed by atoms with Crippen LogP contribution in [-0.2, 0) is 0 Å². The Hall–Kier alpha value is -7.52. The van der Waals surface area contributed by atoms with Crippen LogP contribution in [0.4, 0.5) is 0 Å². The average molecular weight is 707 g/mol. The molecular formula is C54H30N2. The Kier molecular flexibility index (Phi) is 6.08. The molecule has 0 N–H and O–H groups in total. The Labute approximate surface area is 323 Å². The Bertz CT molecular complexity index is 3560. The van der Waals surface area contributed by atoms with Gasteiger partial charge < -0.3 is 0 Å². The Balaban J connectivity index is 1.27. The van der Waals surface area contributed by atoms with E-state index in [1.54, 1.807) is 0 Å². The molecule has 56 heavy (non-hydrogen) atoms. The van der Waals surface area contributed by atoms with Crippen molar-refractivity contribution in [1.82, 2.24) is 0 Å². The highest BCUT2D eigenvalue weighted by Gasteiger charge is 2.29. The van der Waals surface area contributed by atoms with Gasteiger partial charge in [-0.15, -0.1) is 0 Å². The molecule has 2 aliphatic carbocycles. The largest absolute Gasteiger partial charge is 0.192 e. The first kappa shape index (κ1) is 30.9. The molecule has 0 unspecified atom stereocenters. The summed E-state index contributed by atoms with van der Waals surface area (Å²) < 4.78 is 0. The zero-order chi connectivity index (χ0) is 37.4. The minimum Gasteiger partial charge on any atom is -0.192 e. The molecule has 0 bridgehead atoms. The lowest BCUT2D eigenvalue weighted by molar-refractivity contribution is 1.42. The van der Waals surface area contributed by atoms with Gasteiger partial charge in [0.05, 0.1) is 23.3 Å². The molecule has 12 rings (SSSR count). The molecule has 2 aliphatic rings. The summed E-state index contributed by atoms with van der Waals surface area (Å²) in [6.45, 7) is 4.25. The minimum atomic E-state index is 0.663. The number of nitrogens with zero attached hydrogens (tertiary/aromatic N) is 2. The lowest BCUT2D eigenvalue weighted by Gasteiger charge is -2.20. The fraction of sp³-hybridized carbons (Fsp3) is 0.0370. The Morgan fingerprint density at radius 3 is 1.39 bits per heavy atom. The molecule has 2 nitrogen and oxygen atoms in total. The molecule has 0 saturated heterocycles. The first-order valence-corrected chi connectivity index (χ1v) is 19.1. The minimum absolute atomic E-state index is 0.663. The molecular weight excluding hydrogens is 677 g/mol. The van der Waals surface area contributed by atoms with E-state index in [1.807, 2.05) is 24.3 Å². The topological polar surface area (TPSA) is 47.6 Å². The standard InChI is InChI=1S/C54H30N2/c1-29-21-31(27-55)15-17-35(29)43-23-44-37(45-24-46-38-11-3-7-33-8-4-12-39(51(33)38)47(46)25-49(43)45)19-20-41-48(44)26-50-40-13-5-9-34-10-6-14-42(52(34)40)54(50)53(41)36-18-16-32(28-56)22-30(36)2/h3-26H,1-2H3. The van der Waals surface area contributed by atoms with Gasteiger partial charge in [-0.1, -0.05) is 97.1 Å². The van der Waals surface area contributed by atoms with Gasteiger partial charge in [-0.25, -0.2) is 0 Å². The lowest BCUT2D eigenvalue weighted by atomic mass is 9.83. The number of nitriles is 2. The number of fused-ring (bicyclic) bond motifs is 11. The van der Waals surface area contributed by atoms with Crippen LogP contribution in [-0.4, -0.2) is 0 Å². The van der Waals surface area contributed by atoms with Crippen LogP contribution in [0.5, 0.6) is 0 Å². The maximum atomic E-state index is 9.83. The van der Waals surface area contributed by atoms with E-state index in [9.17, 15) is 10.5 Å². The van der Waals surface area contributed by atoms with Gasteiger partial charge >= 0.3 is 0 Å². The first-order chi connectivity index (χ1) is 27.5. The van der Waals surface area contributed by atoms with Crippen LogP contribution in [0.2, 0.25) is 0 Å². The Morgan fingerprint density at radius 1 is 0.321 bits per heavy atom. The van der Waals surface area contributed by atoms with Gasteiger partial charge in [-0.2, -0.15) is 10.5 Å². The van der Waals surface area contributed by atoms with Crippen molar-refractivity contribution in [2.24, 2.45) is 0 Å². The lowest BCUT2D eigenvalue weighted by Crippen LogP contribution is -1.94. The predicted octanol–water partition coefficient (Wildman–Crippen LogP) is 14.4. The highest BCUT2D eigenvalue weighted by atomic mass is 14.3. The van der Waals surface area contributed by atoms with Crippen molar-refractivity contribution < 1.29 is 0 Å². The summed E-state index contributed by atoms with van der Waals surface area (Å²) >= 11 is 0. The molecule has 0 atom stereocenters. The third kappa shape index (κ3) is 3.98. The van der Waals surface area contributed by atoms with Crippen molar-refractivity contribution in [3.05, 3.63) is 168 Å². The summed E-state index contributed by atoms with van der Waals surface area (Å²) in [7, 11) is 0. The summed E-state index contributed by atoms with van der Waals surface area (Å²) in [5.74, 6) is 0. The van der Waals surface area contributed by atoms with Gasteiger partial charge in [0.2, 0.25) is 0 Å². The molecule has 10 aromatic carbocycles. The summed E-state index contributed by atoms with van der Waals surface area (Å²) in [4.78, 5) is 0. The summed E-state index contributed by atoms with van der Waals surface area (Å²) in [5, 5.41) is 32.0. The molecule has 0 aromatic heterocycles. The zero-order valence-corrected chi connectivity index (χ0v) is 30.8. The summed E-state index contributed by atoms with van der Waals surface area (Å²) in [6.07, 6.45) is 0. The van der Waals surface area contributed by atoms with Crippen LogP contribution in [0.3, 0.4) is 0 Å². The second-order valence-corrected chi connectivity index (χ2v) is 15.5. The maximum Gasteiger partial charge on any atom is 0.0991 e. The monoisotopic (exact) mass is 706 g/mol. The summed E-state index contributed by atoms with van der Waals surface area (Å²) in [6, 6.07) is 57.9. The van der Waals surface area contributed by atoms with Crippen LogP contribution >= 0.6 is 0 Å². The van der Waals surface area contributed by atoms with E-state index < -0.39 is 0 Å². The molecule has 256 valence electrons. The smallest absolute Gasteiger partial charge is 0.0991 e. The zero-order valence-electron chi connectivity index (χ0n) is 30.8. The van der Waals surface area contributed by atoms with E-state index in [-0.39, 0.29) is 0 Å². The van der Waals surface area contributed by atoms with Crippen LogP contribution in [0, 0.1) is 36.5 Å². The average Bonchev–Trinajstić information content (AvgIpc) is 3.73. The normalized spacial score (nSPS) is 12.1. The third-order valence-corrected chi connectivity index (χ3v) is 12.6. The van der Waals surface area contributed by atoms with Crippen LogP contribution in [0.15, 0.2) is 146 Å². The molecule has 2 heteroatoms. The third-order valence-electron chi connectivity index (χ3n) is 12.6. The molecule has 0 heterocycles. The first-order valence-electron chi connectivity index (χ1n) is 19.1. The highest BCUT2D eigenvalue weighted by Crippen LogP contribution is 2.56. The van der Waals surface area contributed by atoms with Crippen molar-refractivity contribution in [3.63, 3.8) is 0 Å². The van der Waals surface area contributed by atoms with E-state index in [1.165, 1.54) is 104 Å². The molecule has 0 spiro atoms. The predicted molar refractivity (Wildman–Crippen MR) is 233 cm³/mol. The van der Waals surface area contributed by atoms with Gasteiger partial charge in [-0.05, 0) is 194 Å². The van der Waals surface area contributed by atoms with E-state index in [0.717, 1.165) is 27.8 Å². The number of hydrogen-bond acceptors (Lipinski definition) is 2.